The number of aliphatic hydroxyl groups is 1. The molecule has 19 heavy (non-hydrogen) atoms. The lowest BCUT2D eigenvalue weighted by molar-refractivity contribution is 0.278. The van der Waals surface area contributed by atoms with Crippen LogP contribution in [0, 0.1) is 11.8 Å². The van der Waals surface area contributed by atoms with E-state index in [9.17, 15) is 0 Å². The molecule has 3 heteroatoms. The molecule has 0 aliphatic carbocycles. The molecular formula is C16H21NOS. The Kier molecular flexibility index (Phi) is 5.78. The standard InChI is InChI=1S/C16H21NOS/c1-14-12-17(9-11-19-14)13-16-7-5-15(6-8-16)4-2-3-10-18/h5-8,14,18H,3,9-13H2,1H3. The van der Waals surface area contributed by atoms with Crippen LogP contribution in [-0.2, 0) is 6.54 Å². The molecule has 1 heterocycles. The molecule has 1 aromatic carbocycles. The second-order valence-electron chi connectivity index (χ2n) is 4.89. The predicted octanol–water partition coefficient (Wildman–Crippen LogP) is 2.36. The summed E-state index contributed by atoms with van der Waals surface area (Å²) in [5.74, 6) is 7.24. The molecule has 1 aromatic rings. The highest BCUT2D eigenvalue weighted by atomic mass is 32.2. The smallest absolute Gasteiger partial charge is 0.0540 e. The largest absolute Gasteiger partial charge is 0.395 e. The molecule has 1 aliphatic heterocycles. The third kappa shape index (κ3) is 4.91. The van der Waals surface area contributed by atoms with Crippen molar-refractivity contribution in [2.24, 2.45) is 0 Å². The van der Waals surface area contributed by atoms with Crippen molar-refractivity contribution in [3.8, 4) is 11.8 Å². The van der Waals surface area contributed by atoms with Crippen molar-refractivity contribution in [2.75, 3.05) is 25.4 Å². The lowest BCUT2D eigenvalue weighted by Gasteiger charge is -2.30. The predicted molar refractivity (Wildman–Crippen MR) is 82.2 cm³/mol. The van der Waals surface area contributed by atoms with Crippen LogP contribution in [0.2, 0.25) is 0 Å². The van der Waals surface area contributed by atoms with Gasteiger partial charge in [0.15, 0.2) is 0 Å². The molecule has 1 fully saturated rings. The second kappa shape index (κ2) is 7.59. The minimum Gasteiger partial charge on any atom is -0.395 e. The van der Waals surface area contributed by atoms with Gasteiger partial charge in [-0.15, -0.1) is 0 Å². The van der Waals surface area contributed by atoms with Crippen LogP contribution < -0.4 is 0 Å². The van der Waals surface area contributed by atoms with E-state index in [1.54, 1.807) is 0 Å². The molecule has 0 aromatic heterocycles. The average molecular weight is 275 g/mol. The quantitative estimate of drug-likeness (QED) is 0.857. The molecule has 2 rings (SSSR count). The number of aliphatic hydroxyl groups excluding tert-OH is 1. The van der Waals surface area contributed by atoms with Gasteiger partial charge in [0.2, 0.25) is 0 Å². The summed E-state index contributed by atoms with van der Waals surface area (Å²) < 4.78 is 0. The van der Waals surface area contributed by atoms with Crippen LogP contribution in [-0.4, -0.2) is 40.7 Å². The van der Waals surface area contributed by atoms with Crippen molar-refractivity contribution < 1.29 is 5.11 Å². The molecule has 2 nitrogen and oxygen atoms in total. The molecule has 1 unspecified atom stereocenters. The molecule has 0 spiro atoms. The molecule has 0 bridgehead atoms. The van der Waals surface area contributed by atoms with Gasteiger partial charge in [-0.25, -0.2) is 0 Å². The van der Waals surface area contributed by atoms with E-state index in [1.165, 1.54) is 24.4 Å². The van der Waals surface area contributed by atoms with Crippen molar-refractivity contribution in [1.29, 1.82) is 0 Å². The summed E-state index contributed by atoms with van der Waals surface area (Å²) in [5, 5.41) is 9.43. The number of thioether (sulfide) groups is 1. The Morgan fingerprint density at radius 1 is 1.37 bits per heavy atom. The van der Waals surface area contributed by atoms with Gasteiger partial charge in [0.25, 0.3) is 0 Å². The maximum Gasteiger partial charge on any atom is 0.0540 e. The third-order valence-corrected chi connectivity index (χ3v) is 4.29. The molecule has 1 saturated heterocycles. The van der Waals surface area contributed by atoms with Crippen LogP contribution in [0.25, 0.3) is 0 Å². The Hall–Kier alpha value is -0.950. The van der Waals surface area contributed by atoms with Crippen LogP contribution in [0.15, 0.2) is 24.3 Å². The highest BCUT2D eigenvalue weighted by molar-refractivity contribution is 7.99. The van der Waals surface area contributed by atoms with E-state index in [0.717, 1.165) is 17.4 Å². The van der Waals surface area contributed by atoms with Gasteiger partial charge in [-0.3, -0.25) is 4.90 Å². The highest BCUT2D eigenvalue weighted by Gasteiger charge is 2.16. The average Bonchev–Trinajstić information content (AvgIpc) is 2.41. The Morgan fingerprint density at radius 2 is 2.16 bits per heavy atom. The number of rotatable bonds is 3. The van der Waals surface area contributed by atoms with Crippen molar-refractivity contribution in [1.82, 2.24) is 4.90 Å². The van der Waals surface area contributed by atoms with Gasteiger partial charge in [0, 0.05) is 42.6 Å². The van der Waals surface area contributed by atoms with E-state index >= 15 is 0 Å². The van der Waals surface area contributed by atoms with Crippen LogP contribution in [0.5, 0.6) is 0 Å². The summed E-state index contributed by atoms with van der Waals surface area (Å²) in [6.07, 6.45) is 0.547. The van der Waals surface area contributed by atoms with Crippen molar-refractivity contribution in [2.45, 2.75) is 25.1 Å². The summed E-state index contributed by atoms with van der Waals surface area (Å²) >= 11 is 2.07. The van der Waals surface area contributed by atoms with Crippen LogP contribution in [0.3, 0.4) is 0 Å². The lowest BCUT2D eigenvalue weighted by Crippen LogP contribution is -2.35. The normalized spacial score (nSPS) is 19.8. The second-order valence-corrected chi connectivity index (χ2v) is 6.44. The first-order valence-electron chi connectivity index (χ1n) is 6.80. The number of nitrogens with zero attached hydrogens (tertiary/aromatic N) is 1. The molecule has 0 amide bonds. The van der Waals surface area contributed by atoms with Crippen molar-refractivity contribution in [3.63, 3.8) is 0 Å². The summed E-state index contributed by atoms with van der Waals surface area (Å²) in [6.45, 7) is 5.85. The fraction of sp³-hybridized carbons (Fsp3) is 0.500. The van der Waals surface area contributed by atoms with Gasteiger partial charge in [0.1, 0.15) is 0 Å². The Labute approximate surface area is 120 Å². The van der Waals surface area contributed by atoms with Gasteiger partial charge in [-0.05, 0) is 17.7 Å². The topological polar surface area (TPSA) is 23.5 Å². The van der Waals surface area contributed by atoms with Gasteiger partial charge >= 0.3 is 0 Å². The van der Waals surface area contributed by atoms with Crippen molar-refractivity contribution in [3.05, 3.63) is 35.4 Å². The van der Waals surface area contributed by atoms with Gasteiger partial charge in [-0.2, -0.15) is 11.8 Å². The molecular weight excluding hydrogens is 254 g/mol. The Balaban J connectivity index is 1.90. The van der Waals surface area contributed by atoms with E-state index in [2.05, 4.69) is 59.7 Å². The first kappa shape index (κ1) is 14.5. The summed E-state index contributed by atoms with van der Waals surface area (Å²) in [5.41, 5.74) is 2.38. The van der Waals surface area contributed by atoms with E-state index in [0.29, 0.717) is 6.42 Å². The SMILES string of the molecule is CC1CN(Cc2ccc(C#CCCO)cc2)CCS1. The summed E-state index contributed by atoms with van der Waals surface area (Å²) in [6, 6.07) is 8.47. The molecule has 1 atom stereocenters. The van der Waals surface area contributed by atoms with Crippen LogP contribution in [0.4, 0.5) is 0 Å². The summed E-state index contributed by atoms with van der Waals surface area (Å²) in [7, 11) is 0. The molecule has 1 aliphatic rings. The Morgan fingerprint density at radius 3 is 2.84 bits per heavy atom. The molecule has 1 N–H and O–H groups in total. The molecule has 0 radical (unpaired) electrons. The molecule has 0 saturated carbocycles. The van der Waals surface area contributed by atoms with E-state index in [4.69, 9.17) is 5.11 Å². The van der Waals surface area contributed by atoms with Crippen molar-refractivity contribution >= 4 is 11.8 Å². The number of benzene rings is 1. The van der Waals surface area contributed by atoms with E-state index in [1.807, 2.05) is 0 Å². The zero-order valence-corrected chi connectivity index (χ0v) is 12.2. The highest BCUT2D eigenvalue weighted by Crippen LogP contribution is 2.19. The van der Waals surface area contributed by atoms with Gasteiger partial charge in [0.05, 0.1) is 6.61 Å². The van der Waals surface area contributed by atoms with Gasteiger partial charge < -0.3 is 5.11 Å². The zero-order valence-electron chi connectivity index (χ0n) is 11.4. The monoisotopic (exact) mass is 275 g/mol. The third-order valence-electron chi connectivity index (χ3n) is 3.15. The lowest BCUT2D eigenvalue weighted by atomic mass is 10.1. The molecule has 102 valence electrons. The Bertz CT molecular complexity index is 446. The fourth-order valence-corrected chi connectivity index (χ4v) is 3.29. The number of hydrogen-bond donors (Lipinski definition) is 1. The fourth-order valence-electron chi connectivity index (χ4n) is 2.21. The zero-order chi connectivity index (χ0) is 13.5. The van der Waals surface area contributed by atoms with Crippen LogP contribution in [0.1, 0.15) is 24.5 Å². The van der Waals surface area contributed by atoms with Gasteiger partial charge in [-0.1, -0.05) is 30.9 Å². The first-order chi connectivity index (χ1) is 9.28. The van der Waals surface area contributed by atoms with E-state index < -0.39 is 0 Å². The number of hydrogen-bond acceptors (Lipinski definition) is 3. The van der Waals surface area contributed by atoms with Crippen LogP contribution >= 0.6 is 11.8 Å². The summed E-state index contributed by atoms with van der Waals surface area (Å²) in [4.78, 5) is 2.52. The maximum absolute atomic E-state index is 8.68. The first-order valence-corrected chi connectivity index (χ1v) is 7.85. The maximum atomic E-state index is 8.68. The van der Waals surface area contributed by atoms with E-state index in [-0.39, 0.29) is 6.61 Å². The minimum atomic E-state index is 0.135. The minimum absolute atomic E-state index is 0.135.